The number of aromatic nitrogens is 2. The van der Waals surface area contributed by atoms with Gasteiger partial charge in [-0.3, -0.25) is 4.79 Å². The topological polar surface area (TPSA) is 102 Å². The van der Waals surface area contributed by atoms with Crippen molar-refractivity contribution in [2.45, 2.75) is 38.6 Å². The van der Waals surface area contributed by atoms with Gasteiger partial charge in [0.05, 0.1) is 18.7 Å². The van der Waals surface area contributed by atoms with E-state index in [-0.39, 0.29) is 41.5 Å². The molecule has 1 fully saturated rings. The van der Waals surface area contributed by atoms with Crippen LogP contribution in [0.25, 0.3) is 0 Å². The van der Waals surface area contributed by atoms with E-state index in [4.69, 9.17) is 10.5 Å². The summed E-state index contributed by atoms with van der Waals surface area (Å²) in [6.07, 6.45) is 4.54. The van der Waals surface area contributed by atoms with E-state index < -0.39 is 5.82 Å². The Kier molecular flexibility index (Phi) is 5.51. The number of carbonyl (C=O) groups excluding carboxylic acids is 1. The lowest BCUT2D eigenvalue weighted by Gasteiger charge is -2.26. The molecule has 1 aliphatic carbocycles. The summed E-state index contributed by atoms with van der Waals surface area (Å²) < 4.78 is 20.4. The molecule has 0 unspecified atom stereocenters. The number of nitrogens with two attached hydrogens (primary N) is 1. The van der Waals surface area contributed by atoms with Crippen molar-refractivity contribution < 1.29 is 13.9 Å². The standard InChI is InChI=1S/C21H26FN5O2/c1-2-12-9-13-5-4-8-29-15-7-3-6-14(10-15)25-21-24-11-16(22)20(27-21)26-18(13)17(12)19(23)28/h3,6-7,10-13,17-18H,2,4-5,8-9H2,1H3,(H2,23,28)(H2,24,25,26,27)/t12-,13+,17+,18-/m1/s1. The summed E-state index contributed by atoms with van der Waals surface area (Å²) in [5, 5.41) is 6.28. The quantitative estimate of drug-likeness (QED) is 0.715. The van der Waals surface area contributed by atoms with E-state index in [1.807, 2.05) is 24.3 Å². The number of nitrogens with zero attached hydrogens (tertiary/aromatic N) is 2. The third kappa shape index (κ3) is 4.11. The minimum atomic E-state index is -0.554. The molecule has 1 aliphatic heterocycles. The predicted octanol–water partition coefficient (Wildman–Crippen LogP) is 3.46. The van der Waals surface area contributed by atoms with Crippen molar-refractivity contribution >= 4 is 23.4 Å². The molecule has 0 radical (unpaired) electrons. The first-order chi connectivity index (χ1) is 14.0. The number of ether oxygens (including phenoxy) is 1. The Bertz CT molecular complexity index is 893. The number of carbonyl (C=O) groups is 1. The molecule has 2 aliphatic rings. The number of hydrogen-bond acceptors (Lipinski definition) is 6. The maximum atomic E-state index is 14.5. The highest BCUT2D eigenvalue weighted by atomic mass is 19.1. The molecular weight excluding hydrogens is 373 g/mol. The van der Waals surface area contributed by atoms with Crippen LogP contribution in [0.1, 0.15) is 32.6 Å². The molecule has 2 aromatic rings. The second kappa shape index (κ2) is 8.23. The molecule has 0 spiro atoms. The normalized spacial score (nSPS) is 26.3. The molecule has 4 bridgehead atoms. The molecule has 2 heterocycles. The summed E-state index contributed by atoms with van der Waals surface area (Å²) >= 11 is 0. The number of rotatable bonds is 2. The zero-order valence-electron chi connectivity index (χ0n) is 16.4. The number of fused-ring (bicyclic) bond motifs is 5. The molecule has 4 N–H and O–H groups in total. The number of halogens is 1. The van der Waals surface area contributed by atoms with E-state index >= 15 is 0 Å². The number of primary amides is 1. The van der Waals surface area contributed by atoms with Gasteiger partial charge in [-0.15, -0.1) is 0 Å². The van der Waals surface area contributed by atoms with Gasteiger partial charge in [-0.25, -0.2) is 9.37 Å². The fourth-order valence-corrected chi connectivity index (χ4v) is 4.62. The molecule has 1 aromatic heterocycles. The van der Waals surface area contributed by atoms with E-state index in [0.29, 0.717) is 6.61 Å². The van der Waals surface area contributed by atoms with Gasteiger partial charge in [-0.2, -0.15) is 4.98 Å². The summed E-state index contributed by atoms with van der Waals surface area (Å²) in [5.41, 5.74) is 6.49. The SMILES string of the molecule is CC[C@@H]1C[C@@H]2CCCOc3cccc(c3)Nc3ncc(F)c(n3)N[C@H]2[C@H]1C(N)=O. The van der Waals surface area contributed by atoms with Gasteiger partial charge in [0.2, 0.25) is 11.9 Å². The highest BCUT2D eigenvalue weighted by Crippen LogP contribution is 2.42. The second-order valence-corrected chi connectivity index (χ2v) is 7.80. The van der Waals surface area contributed by atoms with Crippen LogP contribution in [0.5, 0.6) is 5.75 Å². The largest absolute Gasteiger partial charge is 0.494 e. The minimum absolute atomic E-state index is 0.0879. The van der Waals surface area contributed by atoms with Gasteiger partial charge in [0.15, 0.2) is 11.6 Å². The van der Waals surface area contributed by atoms with E-state index in [9.17, 15) is 9.18 Å². The van der Waals surface area contributed by atoms with Crippen molar-refractivity contribution in [1.29, 1.82) is 0 Å². The molecule has 154 valence electrons. The van der Waals surface area contributed by atoms with Crippen LogP contribution in [-0.4, -0.2) is 28.5 Å². The van der Waals surface area contributed by atoms with Crippen molar-refractivity contribution in [2.75, 3.05) is 17.2 Å². The predicted molar refractivity (Wildman–Crippen MR) is 108 cm³/mol. The lowest BCUT2D eigenvalue weighted by Crippen LogP contribution is -2.40. The van der Waals surface area contributed by atoms with Crippen LogP contribution in [0.3, 0.4) is 0 Å². The van der Waals surface area contributed by atoms with E-state index in [0.717, 1.165) is 43.3 Å². The van der Waals surface area contributed by atoms with E-state index in [1.165, 1.54) is 0 Å². The molecule has 7 nitrogen and oxygen atoms in total. The molecule has 1 saturated carbocycles. The Morgan fingerprint density at radius 1 is 1.41 bits per heavy atom. The summed E-state index contributed by atoms with van der Waals surface area (Å²) in [5.74, 6) is 0.184. The maximum Gasteiger partial charge on any atom is 0.229 e. The van der Waals surface area contributed by atoms with Crippen LogP contribution in [0, 0.1) is 23.6 Å². The molecule has 4 atom stereocenters. The highest BCUT2D eigenvalue weighted by molar-refractivity contribution is 5.79. The van der Waals surface area contributed by atoms with Crippen molar-refractivity contribution in [3.8, 4) is 5.75 Å². The van der Waals surface area contributed by atoms with Crippen LogP contribution in [-0.2, 0) is 4.79 Å². The van der Waals surface area contributed by atoms with Gasteiger partial charge in [-0.1, -0.05) is 19.4 Å². The van der Waals surface area contributed by atoms with Gasteiger partial charge in [0.1, 0.15) is 5.75 Å². The molecule has 4 rings (SSSR count). The first-order valence-electron chi connectivity index (χ1n) is 10.1. The first kappa shape index (κ1) is 19.4. The molecule has 1 amide bonds. The highest BCUT2D eigenvalue weighted by Gasteiger charge is 2.45. The summed E-state index contributed by atoms with van der Waals surface area (Å²) in [4.78, 5) is 20.6. The number of anilines is 3. The molecular formula is C21H26FN5O2. The van der Waals surface area contributed by atoms with Gasteiger partial charge in [-0.05, 0) is 43.2 Å². The van der Waals surface area contributed by atoms with Crippen LogP contribution in [0.4, 0.5) is 21.8 Å². The molecule has 1 aromatic carbocycles. The van der Waals surface area contributed by atoms with Crippen LogP contribution in [0.2, 0.25) is 0 Å². The fourth-order valence-electron chi connectivity index (χ4n) is 4.62. The van der Waals surface area contributed by atoms with Crippen molar-refractivity contribution in [1.82, 2.24) is 9.97 Å². The van der Waals surface area contributed by atoms with Crippen molar-refractivity contribution in [2.24, 2.45) is 23.5 Å². The molecule has 29 heavy (non-hydrogen) atoms. The average Bonchev–Trinajstić information content (AvgIpc) is 3.05. The number of amides is 1. The van der Waals surface area contributed by atoms with E-state index in [1.54, 1.807) is 0 Å². The zero-order valence-corrected chi connectivity index (χ0v) is 16.4. The Balaban J connectivity index is 1.70. The second-order valence-electron chi connectivity index (χ2n) is 7.80. The van der Waals surface area contributed by atoms with Gasteiger partial charge < -0.3 is 21.1 Å². The summed E-state index contributed by atoms with van der Waals surface area (Å²) in [6.45, 7) is 2.63. The lowest BCUT2D eigenvalue weighted by atomic mass is 9.90. The fraction of sp³-hybridized carbons (Fsp3) is 0.476. The smallest absolute Gasteiger partial charge is 0.229 e. The summed E-state index contributed by atoms with van der Waals surface area (Å²) in [7, 11) is 0. The third-order valence-corrected chi connectivity index (χ3v) is 5.99. The minimum Gasteiger partial charge on any atom is -0.494 e. The Hall–Kier alpha value is -2.90. The average molecular weight is 399 g/mol. The van der Waals surface area contributed by atoms with Crippen LogP contribution < -0.4 is 21.1 Å². The van der Waals surface area contributed by atoms with E-state index in [2.05, 4.69) is 27.5 Å². The van der Waals surface area contributed by atoms with Crippen molar-refractivity contribution in [3.63, 3.8) is 0 Å². The number of benzene rings is 1. The van der Waals surface area contributed by atoms with Gasteiger partial charge >= 0.3 is 0 Å². The Morgan fingerprint density at radius 2 is 2.28 bits per heavy atom. The number of hydrogen-bond donors (Lipinski definition) is 3. The van der Waals surface area contributed by atoms with Crippen molar-refractivity contribution in [3.05, 3.63) is 36.3 Å². The summed E-state index contributed by atoms with van der Waals surface area (Å²) in [6, 6.07) is 7.23. The van der Waals surface area contributed by atoms with Crippen LogP contribution >= 0.6 is 0 Å². The first-order valence-corrected chi connectivity index (χ1v) is 10.1. The molecule has 8 heteroatoms. The Morgan fingerprint density at radius 3 is 3.07 bits per heavy atom. The third-order valence-electron chi connectivity index (χ3n) is 5.99. The lowest BCUT2D eigenvalue weighted by molar-refractivity contribution is -0.123. The van der Waals surface area contributed by atoms with Crippen LogP contribution in [0.15, 0.2) is 30.5 Å². The van der Waals surface area contributed by atoms with Gasteiger partial charge in [0, 0.05) is 17.8 Å². The number of nitrogens with one attached hydrogen (secondary N) is 2. The maximum absolute atomic E-state index is 14.5. The molecule has 0 saturated heterocycles. The van der Waals surface area contributed by atoms with Gasteiger partial charge in [0.25, 0.3) is 0 Å². The monoisotopic (exact) mass is 399 g/mol. The zero-order chi connectivity index (χ0) is 20.4. The Labute approximate surface area is 169 Å².